The van der Waals surface area contributed by atoms with E-state index in [4.69, 9.17) is 4.74 Å². The SMILES string of the molecule is Cc1cc(C(C)NC(=O)c2ccnc(NC(=O)C3CC3)c2)cnc1OCC(C)(F)F. The van der Waals surface area contributed by atoms with Gasteiger partial charge in [0.15, 0.2) is 6.61 Å². The minimum atomic E-state index is -2.95. The molecule has 1 aliphatic carbocycles. The Morgan fingerprint density at radius 2 is 2.03 bits per heavy atom. The summed E-state index contributed by atoms with van der Waals surface area (Å²) in [5.41, 5.74) is 1.65. The number of anilines is 1. The van der Waals surface area contributed by atoms with Gasteiger partial charge in [-0.2, -0.15) is 0 Å². The molecule has 2 N–H and O–H groups in total. The lowest BCUT2D eigenvalue weighted by Crippen LogP contribution is -2.27. The van der Waals surface area contributed by atoms with Crippen molar-refractivity contribution in [1.82, 2.24) is 15.3 Å². The molecule has 0 saturated heterocycles. The van der Waals surface area contributed by atoms with Gasteiger partial charge in [0.1, 0.15) is 5.82 Å². The van der Waals surface area contributed by atoms with Crippen molar-refractivity contribution in [3.63, 3.8) is 0 Å². The third-order valence-electron chi connectivity index (χ3n) is 4.58. The van der Waals surface area contributed by atoms with E-state index in [2.05, 4.69) is 20.6 Å². The average Bonchev–Trinajstić information content (AvgIpc) is 3.51. The molecule has 2 aromatic rings. The Morgan fingerprint density at radius 1 is 1.30 bits per heavy atom. The second kappa shape index (κ2) is 8.73. The highest BCUT2D eigenvalue weighted by atomic mass is 19.3. The highest BCUT2D eigenvalue weighted by molar-refractivity contribution is 5.97. The molecule has 7 nitrogen and oxygen atoms in total. The summed E-state index contributed by atoms with van der Waals surface area (Å²) in [6.45, 7) is 3.50. The van der Waals surface area contributed by atoms with Crippen molar-refractivity contribution in [3.8, 4) is 5.88 Å². The average molecular weight is 418 g/mol. The van der Waals surface area contributed by atoms with E-state index in [-0.39, 0.29) is 29.7 Å². The molecule has 2 aromatic heterocycles. The number of hydrogen-bond acceptors (Lipinski definition) is 5. The second-order valence-corrected chi connectivity index (χ2v) is 7.64. The molecule has 1 atom stereocenters. The number of amides is 2. The smallest absolute Gasteiger partial charge is 0.278 e. The maximum atomic E-state index is 13.0. The Labute approximate surface area is 173 Å². The van der Waals surface area contributed by atoms with E-state index in [0.29, 0.717) is 22.5 Å². The number of nitrogens with zero attached hydrogens (tertiary/aromatic N) is 2. The number of ether oxygens (including phenoxy) is 1. The van der Waals surface area contributed by atoms with Crippen LogP contribution >= 0.6 is 0 Å². The molecule has 0 bridgehead atoms. The number of halogens is 2. The normalized spacial score (nSPS) is 14.7. The van der Waals surface area contributed by atoms with Crippen LogP contribution in [0.4, 0.5) is 14.6 Å². The number of pyridine rings is 2. The van der Waals surface area contributed by atoms with Gasteiger partial charge in [0.2, 0.25) is 11.8 Å². The summed E-state index contributed by atoms with van der Waals surface area (Å²) < 4.78 is 31.0. The summed E-state index contributed by atoms with van der Waals surface area (Å²) in [7, 11) is 0. The van der Waals surface area contributed by atoms with Crippen molar-refractivity contribution in [3.05, 3.63) is 47.3 Å². The Hall–Kier alpha value is -3.10. The molecule has 2 heterocycles. The minimum absolute atomic E-state index is 0.0375. The first kappa shape index (κ1) is 21.6. The third kappa shape index (κ3) is 5.95. The van der Waals surface area contributed by atoms with Crippen LogP contribution in [0.5, 0.6) is 5.88 Å². The molecule has 2 amide bonds. The summed E-state index contributed by atoms with van der Waals surface area (Å²) in [5.74, 6) is -2.87. The highest BCUT2D eigenvalue weighted by Crippen LogP contribution is 2.30. The van der Waals surface area contributed by atoms with Gasteiger partial charge >= 0.3 is 0 Å². The zero-order valence-corrected chi connectivity index (χ0v) is 17.0. The zero-order valence-electron chi connectivity index (χ0n) is 17.0. The molecular weight excluding hydrogens is 394 g/mol. The van der Waals surface area contributed by atoms with Crippen LogP contribution < -0.4 is 15.4 Å². The molecule has 0 aromatic carbocycles. The topological polar surface area (TPSA) is 93.2 Å². The fourth-order valence-electron chi connectivity index (χ4n) is 2.74. The van der Waals surface area contributed by atoms with E-state index in [0.717, 1.165) is 19.8 Å². The zero-order chi connectivity index (χ0) is 21.9. The van der Waals surface area contributed by atoms with Crippen LogP contribution in [-0.2, 0) is 4.79 Å². The van der Waals surface area contributed by atoms with Crippen LogP contribution in [0, 0.1) is 12.8 Å². The third-order valence-corrected chi connectivity index (χ3v) is 4.58. The van der Waals surface area contributed by atoms with Gasteiger partial charge in [-0.3, -0.25) is 9.59 Å². The predicted molar refractivity (Wildman–Crippen MR) is 107 cm³/mol. The summed E-state index contributed by atoms with van der Waals surface area (Å²) >= 11 is 0. The molecule has 30 heavy (non-hydrogen) atoms. The Morgan fingerprint density at radius 3 is 2.67 bits per heavy atom. The largest absolute Gasteiger partial charge is 0.471 e. The van der Waals surface area contributed by atoms with Crippen LogP contribution in [-0.4, -0.2) is 34.3 Å². The number of carbonyl (C=O) groups excluding carboxylic acids is 2. The maximum absolute atomic E-state index is 13.0. The van der Waals surface area contributed by atoms with Crippen LogP contribution in [0.2, 0.25) is 0 Å². The summed E-state index contributed by atoms with van der Waals surface area (Å²) in [4.78, 5) is 32.6. The van der Waals surface area contributed by atoms with Crippen LogP contribution in [0.1, 0.15) is 54.2 Å². The van der Waals surface area contributed by atoms with Crippen molar-refractivity contribution in [2.24, 2.45) is 5.92 Å². The van der Waals surface area contributed by atoms with E-state index in [1.54, 1.807) is 26.0 Å². The van der Waals surface area contributed by atoms with Gasteiger partial charge in [-0.25, -0.2) is 18.7 Å². The van der Waals surface area contributed by atoms with Crippen LogP contribution in [0.3, 0.4) is 0 Å². The van der Waals surface area contributed by atoms with Gasteiger partial charge in [0.05, 0.1) is 6.04 Å². The number of carbonyl (C=O) groups is 2. The first-order chi connectivity index (χ1) is 14.1. The van der Waals surface area contributed by atoms with Crippen molar-refractivity contribution in [2.45, 2.75) is 45.6 Å². The molecule has 1 fully saturated rings. The Kier molecular flexibility index (Phi) is 6.28. The van der Waals surface area contributed by atoms with E-state index < -0.39 is 12.5 Å². The van der Waals surface area contributed by atoms with Crippen molar-refractivity contribution in [2.75, 3.05) is 11.9 Å². The summed E-state index contributed by atoms with van der Waals surface area (Å²) in [6, 6.07) is 4.42. The first-order valence-corrected chi connectivity index (χ1v) is 9.67. The molecule has 1 unspecified atom stereocenters. The van der Waals surface area contributed by atoms with E-state index in [9.17, 15) is 18.4 Å². The maximum Gasteiger partial charge on any atom is 0.278 e. The molecule has 160 valence electrons. The van der Waals surface area contributed by atoms with Gasteiger partial charge in [0, 0.05) is 36.4 Å². The standard InChI is InChI=1S/C21H24F2N4O3/c1-12-8-16(10-25-20(12)30-11-21(3,22)23)13(2)26-19(29)15-6-7-24-17(9-15)27-18(28)14-4-5-14/h6-10,13-14H,4-5,11H2,1-3H3,(H,26,29)(H,24,27,28). The lowest BCUT2D eigenvalue weighted by Gasteiger charge is -2.17. The van der Waals surface area contributed by atoms with Gasteiger partial charge in [0.25, 0.3) is 11.8 Å². The van der Waals surface area contributed by atoms with Crippen molar-refractivity contribution >= 4 is 17.6 Å². The monoisotopic (exact) mass is 418 g/mol. The van der Waals surface area contributed by atoms with Crippen LogP contribution in [0.25, 0.3) is 0 Å². The van der Waals surface area contributed by atoms with Crippen molar-refractivity contribution in [1.29, 1.82) is 0 Å². The number of aryl methyl sites for hydroxylation is 1. The summed E-state index contributed by atoms with van der Waals surface area (Å²) in [5, 5.41) is 5.56. The summed E-state index contributed by atoms with van der Waals surface area (Å²) in [6.07, 6.45) is 4.70. The van der Waals surface area contributed by atoms with Crippen LogP contribution in [0.15, 0.2) is 30.6 Å². The van der Waals surface area contributed by atoms with Gasteiger partial charge in [-0.15, -0.1) is 0 Å². The minimum Gasteiger partial charge on any atom is -0.471 e. The number of alkyl halides is 2. The molecule has 0 radical (unpaired) electrons. The quantitative estimate of drug-likeness (QED) is 0.683. The van der Waals surface area contributed by atoms with Gasteiger partial charge in [-0.05, 0) is 50.5 Å². The van der Waals surface area contributed by atoms with E-state index in [1.807, 2.05) is 0 Å². The lowest BCUT2D eigenvalue weighted by molar-refractivity contribution is -0.117. The number of aromatic nitrogens is 2. The van der Waals surface area contributed by atoms with Gasteiger partial charge in [-0.1, -0.05) is 0 Å². The first-order valence-electron chi connectivity index (χ1n) is 9.67. The second-order valence-electron chi connectivity index (χ2n) is 7.64. The Bertz CT molecular complexity index is 942. The van der Waals surface area contributed by atoms with Gasteiger partial charge < -0.3 is 15.4 Å². The number of nitrogens with one attached hydrogen (secondary N) is 2. The fourth-order valence-corrected chi connectivity index (χ4v) is 2.74. The van der Waals surface area contributed by atoms with Crippen molar-refractivity contribution < 1.29 is 23.1 Å². The molecule has 0 spiro atoms. The molecule has 1 aliphatic rings. The predicted octanol–water partition coefficient (Wildman–Crippen LogP) is 3.66. The lowest BCUT2D eigenvalue weighted by atomic mass is 10.1. The highest BCUT2D eigenvalue weighted by Gasteiger charge is 2.30. The molecular formula is C21H24F2N4O3. The number of rotatable bonds is 8. The molecule has 1 saturated carbocycles. The molecule has 9 heteroatoms. The fraction of sp³-hybridized carbons (Fsp3) is 0.429. The Balaban J connectivity index is 1.62. The number of hydrogen-bond donors (Lipinski definition) is 2. The van der Waals surface area contributed by atoms with E-state index >= 15 is 0 Å². The molecule has 3 rings (SSSR count). The van der Waals surface area contributed by atoms with E-state index in [1.165, 1.54) is 18.5 Å². The molecule has 0 aliphatic heterocycles.